The molecule has 1 aliphatic carbocycles. The first-order valence-electron chi connectivity index (χ1n) is 9.13. The van der Waals surface area contributed by atoms with Crippen molar-refractivity contribution in [2.75, 3.05) is 0 Å². The van der Waals surface area contributed by atoms with Gasteiger partial charge >= 0.3 is 13.1 Å². The molecule has 27 heavy (non-hydrogen) atoms. The number of fused-ring (bicyclic) bond motifs is 1. The van der Waals surface area contributed by atoms with Crippen LogP contribution >= 0.6 is 11.6 Å². The number of carboxylic acid groups (broad SMARTS) is 1. The Bertz CT molecular complexity index is 830. The number of hydrogen-bond donors (Lipinski definition) is 3. The Labute approximate surface area is 164 Å². The second-order valence-corrected chi connectivity index (χ2v) is 7.83. The first-order chi connectivity index (χ1) is 12.8. The van der Waals surface area contributed by atoms with Crippen molar-refractivity contribution >= 4 is 24.7 Å². The molecule has 0 amide bonds. The first kappa shape index (κ1) is 19.9. The summed E-state index contributed by atoms with van der Waals surface area (Å²) in [5.41, 5.74) is 2.50. The van der Waals surface area contributed by atoms with Crippen LogP contribution in [0.5, 0.6) is 0 Å². The SMILES string of the molecule is C[C@@]1(C(=O)O)c2cc(Cc3ccccn3)c(Cl)cc2C[C@@H]1CCCB(O)O. The maximum Gasteiger partial charge on any atom is 0.451 e. The summed E-state index contributed by atoms with van der Waals surface area (Å²) in [5.74, 6) is -0.966. The molecule has 3 N–H and O–H groups in total. The number of aliphatic carboxylic acids is 1. The summed E-state index contributed by atoms with van der Waals surface area (Å²) in [6, 6.07) is 9.49. The second kappa shape index (κ2) is 8.01. The van der Waals surface area contributed by atoms with Crippen LogP contribution in [0.1, 0.15) is 42.1 Å². The highest BCUT2D eigenvalue weighted by Gasteiger charge is 2.49. The lowest BCUT2D eigenvalue weighted by Crippen LogP contribution is -2.37. The molecule has 0 spiro atoms. The van der Waals surface area contributed by atoms with Crippen LogP contribution < -0.4 is 0 Å². The van der Waals surface area contributed by atoms with Crippen LogP contribution in [-0.4, -0.2) is 33.2 Å². The third kappa shape index (κ3) is 4.03. The van der Waals surface area contributed by atoms with Gasteiger partial charge in [-0.05, 0) is 66.9 Å². The molecule has 0 saturated heterocycles. The van der Waals surface area contributed by atoms with E-state index in [9.17, 15) is 9.90 Å². The van der Waals surface area contributed by atoms with Crippen molar-refractivity contribution < 1.29 is 19.9 Å². The minimum Gasteiger partial charge on any atom is -0.481 e. The van der Waals surface area contributed by atoms with Crippen molar-refractivity contribution in [2.45, 2.75) is 44.3 Å². The number of pyridine rings is 1. The van der Waals surface area contributed by atoms with E-state index in [2.05, 4.69) is 4.98 Å². The van der Waals surface area contributed by atoms with Crippen molar-refractivity contribution in [3.05, 3.63) is 63.9 Å². The van der Waals surface area contributed by atoms with Gasteiger partial charge in [-0.25, -0.2) is 0 Å². The molecule has 7 heteroatoms. The van der Waals surface area contributed by atoms with Crippen LogP contribution in [0.4, 0.5) is 0 Å². The molecule has 0 radical (unpaired) electrons. The standard InChI is InChI=1S/C20H23BClNO4/c1-20(19(24)25)15(5-4-7-21(26)27)9-13-12-18(22)14(11-17(13)20)10-16-6-2-3-8-23-16/h2-3,6,8,11-12,15,26-27H,4-5,7,9-10H2,1H3,(H,24,25)/t15-,20-/m0/s1. The zero-order valence-electron chi connectivity index (χ0n) is 15.2. The largest absolute Gasteiger partial charge is 0.481 e. The Morgan fingerprint density at radius 1 is 1.37 bits per heavy atom. The fourth-order valence-corrected chi connectivity index (χ4v) is 4.31. The molecule has 0 aliphatic heterocycles. The van der Waals surface area contributed by atoms with Gasteiger partial charge in [-0.15, -0.1) is 0 Å². The lowest BCUT2D eigenvalue weighted by Gasteiger charge is -2.28. The summed E-state index contributed by atoms with van der Waals surface area (Å²) in [6.45, 7) is 1.76. The van der Waals surface area contributed by atoms with E-state index in [4.69, 9.17) is 21.6 Å². The molecule has 1 aliphatic rings. The van der Waals surface area contributed by atoms with Gasteiger partial charge in [0.15, 0.2) is 0 Å². The molecule has 142 valence electrons. The quantitative estimate of drug-likeness (QED) is 0.635. The fraction of sp³-hybridized carbons (Fsp3) is 0.400. The number of halogens is 1. The summed E-state index contributed by atoms with van der Waals surface area (Å²) in [7, 11) is -1.36. The van der Waals surface area contributed by atoms with Crippen LogP contribution in [0.2, 0.25) is 11.3 Å². The number of carbonyl (C=O) groups is 1. The molecular formula is C20H23BClNO4. The predicted molar refractivity (Wildman–Crippen MR) is 105 cm³/mol. The average Bonchev–Trinajstić information content (AvgIpc) is 2.89. The zero-order chi connectivity index (χ0) is 19.6. The van der Waals surface area contributed by atoms with E-state index in [0.29, 0.717) is 30.7 Å². The monoisotopic (exact) mass is 387 g/mol. The second-order valence-electron chi connectivity index (χ2n) is 7.42. The summed E-state index contributed by atoms with van der Waals surface area (Å²) in [5, 5.41) is 28.8. The summed E-state index contributed by atoms with van der Waals surface area (Å²) >= 11 is 6.48. The average molecular weight is 388 g/mol. The summed E-state index contributed by atoms with van der Waals surface area (Å²) in [4.78, 5) is 16.5. The van der Waals surface area contributed by atoms with Gasteiger partial charge in [-0.2, -0.15) is 0 Å². The minimum atomic E-state index is -1.36. The highest BCUT2D eigenvalue weighted by Crippen LogP contribution is 2.47. The van der Waals surface area contributed by atoms with Crippen molar-refractivity contribution in [3.63, 3.8) is 0 Å². The predicted octanol–water partition coefficient (Wildman–Crippen LogP) is 3.09. The van der Waals surface area contributed by atoms with Crippen molar-refractivity contribution in [1.29, 1.82) is 0 Å². The van der Waals surface area contributed by atoms with Gasteiger partial charge in [0.1, 0.15) is 0 Å². The van der Waals surface area contributed by atoms with Gasteiger partial charge in [0.2, 0.25) is 0 Å². The lowest BCUT2D eigenvalue weighted by molar-refractivity contribution is -0.145. The van der Waals surface area contributed by atoms with E-state index in [1.807, 2.05) is 30.3 Å². The van der Waals surface area contributed by atoms with Gasteiger partial charge in [0.25, 0.3) is 0 Å². The van der Waals surface area contributed by atoms with Crippen molar-refractivity contribution in [3.8, 4) is 0 Å². The minimum absolute atomic E-state index is 0.107. The van der Waals surface area contributed by atoms with Gasteiger partial charge in [0, 0.05) is 23.3 Å². The molecule has 2 atom stereocenters. The Morgan fingerprint density at radius 3 is 2.78 bits per heavy atom. The molecule has 3 rings (SSSR count). The molecule has 5 nitrogen and oxygen atoms in total. The number of carboxylic acids is 1. The van der Waals surface area contributed by atoms with Gasteiger partial charge in [-0.1, -0.05) is 30.2 Å². The van der Waals surface area contributed by atoms with Gasteiger partial charge in [-0.3, -0.25) is 9.78 Å². The van der Waals surface area contributed by atoms with E-state index in [-0.39, 0.29) is 12.2 Å². The molecule has 1 heterocycles. The molecule has 0 fully saturated rings. The molecular weight excluding hydrogens is 364 g/mol. The Balaban J connectivity index is 1.92. The zero-order valence-corrected chi connectivity index (χ0v) is 16.0. The third-order valence-corrected chi connectivity index (χ3v) is 6.02. The van der Waals surface area contributed by atoms with E-state index in [0.717, 1.165) is 22.4 Å². The summed E-state index contributed by atoms with van der Waals surface area (Å²) in [6.07, 6.45) is 4.32. The lowest BCUT2D eigenvalue weighted by atomic mass is 9.72. The van der Waals surface area contributed by atoms with E-state index >= 15 is 0 Å². The van der Waals surface area contributed by atoms with Crippen molar-refractivity contribution in [2.24, 2.45) is 5.92 Å². The Hall–Kier alpha value is -1.89. The van der Waals surface area contributed by atoms with Gasteiger partial charge < -0.3 is 15.2 Å². The van der Waals surface area contributed by atoms with Crippen LogP contribution in [0, 0.1) is 5.92 Å². The fourth-order valence-electron chi connectivity index (χ4n) is 4.06. The Kier molecular flexibility index (Phi) is 5.89. The van der Waals surface area contributed by atoms with E-state index < -0.39 is 18.5 Å². The van der Waals surface area contributed by atoms with Crippen molar-refractivity contribution in [1.82, 2.24) is 4.98 Å². The number of benzene rings is 1. The smallest absolute Gasteiger partial charge is 0.451 e. The topological polar surface area (TPSA) is 90.7 Å². The molecule has 0 unspecified atom stereocenters. The van der Waals surface area contributed by atoms with E-state index in [1.54, 1.807) is 13.1 Å². The number of aromatic nitrogens is 1. The van der Waals surface area contributed by atoms with E-state index in [1.165, 1.54) is 0 Å². The van der Waals surface area contributed by atoms with Crippen LogP contribution in [0.15, 0.2) is 36.5 Å². The maximum absolute atomic E-state index is 12.2. The third-order valence-electron chi connectivity index (χ3n) is 5.67. The highest BCUT2D eigenvalue weighted by atomic mass is 35.5. The number of hydrogen-bond acceptors (Lipinski definition) is 4. The number of nitrogens with zero attached hydrogens (tertiary/aromatic N) is 1. The number of rotatable bonds is 7. The maximum atomic E-state index is 12.2. The molecule has 0 bridgehead atoms. The Morgan fingerprint density at radius 2 is 2.15 bits per heavy atom. The molecule has 1 aromatic heterocycles. The van der Waals surface area contributed by atoms with Crippen LogP contribution in [0.25, 0.3) is 0 Å². The van der Waals surface area contributed by atoms with Crippen LogP contribution in [-0.2, 0) is 23.1 Å². The normalized spacial score (nSPS) is 21.1. The highest BCUT2D eigenvalue weighted by molar-refractivity contribution is 6.40. The molecule has 1 aromatic carbocycles. The first-order valence-corrected chi connectivity index (χ1v) is 9.51. The van der Waals surface area contributed by atoms with Gasteiger partial charge in [0.05, 0.1) is 5.41 Å². The molecule has 0 saturated carbocycles. The van der Waals surface area contributed by atoms with Crippen LogP contribution in [0.3, 0.4) is 0 Å². The summed E-state index contributed by atoms with van der Waals surface area (Å²) < 4.78 is 0. The molecule has 2 aromatic rings.